The summed E-state index contributed by atoms with van der Waals surface area (Å²) in [5.41, 5.74) is 1.85. The lowest BCUT2D eigenvalue weighted by molar-refractivity contribution is 0.0690. The van der Waals surface area contributed by atoms with Crippen LogP contribution < -0.4 is 0 Å². The van der Waals surface area contributed by atoms with Gasteiger partial charge in [-0.25, -0.2) is 9.78 Å². The number of carboxylic acids is 1. The number of hydrogen-bond acceptors (Lipinski definition) is 2. The smallest absolute Gasteiger partial charge is 0.354 e. The summed E-state index contributed by atoms with van der Waals surface area (Å²) in [6.07, 6.45) is 1.50. The lowest BCUT2D eigenvalue weighted by atomic mass is 10.1. The quantitative estimate of drug-likeness (QED) is 0.917. The molecule has 2 aromatic rings. The molecule has 0 unspecified atom stereocenters. The average molecular weight is 278 g/mol. The van der Waals surface area contributed by atoms with E-state index in [2.05, 4.69) is 20.9 Å². The van der Waals surface area contributed by atoms with Crippen LogP contribution in [0.4, 0.5) is 0 Å². The normalized spacial score (nSPS) is 10.1. The minimum Gasteiger partial charge on any atom is -0.477 e. The molecule has 0 aliphatic carbocycles. The summed E-state index contributed by atoms with van der Waals surface area (Å²) in [7, 11) is 0. The highest BCUT2D eigenvalue weighted by Crippen LogP contribution is 2.22. The van der Waals surface area contributed by atoms with Crippen LogP contribution in [-0.4, -0.2) is 16.1 Å². The topological polar surface area (TPSA) is 50.2 Å². The van der Waals surface area contributed by atoms with E-state index >= 15 is 0 Å². The SMILES string of the molecule is O=C(O)c1cc(-c2cccc(Br)c2)ccn1. The molecule has 0 fully saturated rings. The van der Waals surface area contributed by atoms with Gasteiger partial charge in [-0.3, -0.25) is 0 Å². The van der Waals surface area contributed by atoms with Crippen molar-refractivity contribution in [2.24, 2.45) is 0 Å². The Morgan fingerprint density at radius 2 is 1.94 bits per heavy atom. The molecule has 0 aliphatic rings. The minimum atomic E-state index is -1.02. The Bertz CT molecular complexity index is 540. The molecule has 1 aromatic carbocycles. The van der Waals surface area contributed by atoms with Crippen molar-refractivity contribution in [1.82, 2.24) is 4.98 Å². The summed E-state index contributed by atoms with van der Waals surface area (Å²) < 4.78 is 0.957. The molecule has 0 spiro atoms. The molecule has 1 N–H and O–H groups in total. The molecule has 16 heavy (non-hydrogen) atoms. The molecular formula is C12H8BrNO2. The molecular weight excluding hydrogens is 270 g/mol. The summed E-state index contributed by atoms with van der Waals surface area (Å²) in [5, 5.41) is 8.84. The molecule has 0 atom stereocenters. The summed E-state index contributed by atoms with van der Waals surface area (Å²) in [6, 6.07) is 11.0. The molecule has 80 valence electrons. The van der Waals surface area contributed by atoms with Crippen LogP contribution in [0.3, 0.4) is 0 Å². The number of carboxylic acid groups (broad SMARTS) is 1. The largest absolute Gasteiger partial charge is 0.477 e. The third-order valence-electron chi connectivity index (χ3n) is 2.14. The maximum Gasteiger partial charge on any atom is 0.354 e. The summed E-state index contributed by atoms with van der Waals surface area (Å²) in [5.74, 6) is -1.02. The molecule has 0 radical (unpaired) electrons. The monoisotopic (exact) mass is 277 g/mol. The minimum absolute atomic E-state index is 0.0532. The molecule has 4 heteroatoms. The van der Waals surface area contributed by atoms with Gasteiger partial charge in [0.2, 0.25) is 0 Å². The first-order valence-electron chi connectivity index (χ1n) is 4.62. The highest BCUT2D eigenvalue weighted by molar-refractivity contribution is 9.10. The third-order valence-corrected chi connectivity index (χ3v) is 2.63. The van der Waals surface area contributed by atoms with Gasteiger partial charge >= 0.3 is 5.97 Å². The molecule has 0 saturated heterocycles. The van der Waals surface area contributed by atoms with Gasteiger partial charge in [0.25, 0.3) is 0 Å². The number of hydrogen-bond donors (Lipinski definition) is 1. The van der Waals surface area contributed by atoms with E-state index in [-0.39, 0.29) is 5.69 Å². The van der Waals surface area contributed by atoms with Crippen molar-refractivity contribution in [3.05, 3.63) is 52.8 Å². The van der Waals surface area contributed by atoms with Crippen LogP contribution in [0.5, 0.6) is 0 Å². The van der Waals surface area contributed by atoms with E-state index in [1.54, 1.807) is 12.1 Å². The van der Waals surface area contributed by atoms with Crippen LogP contribution >= 0.6 is 15.9 Å². The van der Waals surface area contributed by atoms with Gasteiger partial charge < -0.3 is 5.11 Å². The number of benzene rings is 1. The van der Waals surface area contributed by atoms with E-state index in [9.17, 15) is 4.79 Å². The lowest BCUT2D eigenvalue weighted by Gasteiger charge is -2.02. The van der Waals surface area contributed by atoms with Crippen molar-refractivity contribution >= 4 is 21.9 Å². The number of nitrogens with zero attached hydrogens (tertiary/aromatic N) is 1. The van der Waals surface area contributed by atoms with Crippen LogP contribution in [0, 0.1) is 0 Å². The van der Waals surface area contributed by atoms with Gasteiger partial charge in [-0.1, -0.05) is 28.1 Å². The maximum atomic E-state index is 10.8. The van der Waals surface area contributed by atoms with Crippen molar-refractivity contribution in [2.45, 2.75) is 0 Å². The lowest BCUT2D eigenvalue weighted by Crippen LogP contribution is -1.99. The fourth-order valence-corrected chi connectivity index (χ4v) is 1.79. The molecule has 0 amide bonds. The first-order valence-corrected chi connectivity index (χ1v) is 5.41. The number of aromatic carboxylic acids is 1. The maximum absolute atomic E-state index is 10.8. The predicted molar refractivity (Wildman–Crippen MR) is 64.3 cm³/mol. The van der Waals surface area contributed by atoms with E-state index in [1.165, 1.54) is 6.20 Å². The molecule has 2 rings (SSSR count). The van der Waals surface area contributed by atoms with E-state index in [4.69, 9.17) is 5.11 Å². The Labute approximate surface area is 101 Å². The molecule has 0 aliphatic heterocycles. The number of pyridine rings is 1. The standard InChI is InChI=1S/C12H8BrNO2/c13-10-3-1-2-8(6-10)9-4-5-14-11(7-9)12(15)16/h1-7H,(H,15,16). The second-order valence-corrected chi connectivity index (χ2v) is 4.16. The fourth-order valence-electron chi connectivity index (χ4n) is 1.40. The highest BCUT2D eigenvalue weighted by atomic mass is 79.9. The van der Waals surface area contributed by atoms with Gasteiger partial charge in [0.15, 0.2) is 0 Å². The Morgan fingerprint density at radius 1 is 1.19 bits per heavy atom. The first-order chi connectivity index (χ1) is 7.66. The third kappa shape index (κ3) is 2.28. The van der Waals surface area contributed by atoms with E-state index in [0.29, 0.717) is 0 Å². The molecule has 0 saturated carbocycles. The Hall–Kier alpha value is -1.68. The van der Waals surface area contributed by atoms with Gasteiger partial charge in [0, 0.05) is 10.7 Å². The number of aromatic nitrogens is 1. The Morgan fingerprint density at radius 3 is 2.62 bits per heavy atom. The zero-order valence-electron chi connectivity index (χ0n) is 8.22. The van der Waals surface area contributed by atoms with Gasteiger partial charge in [-0.05, 0) is 35.4 Å². The first kappa shape index (κ1) is 10.8. The zero-order valence-corrected chi connectivity index (χ0v) is 9.81. The van der Waals surface area contributed by atoms with Gasteiger partial charge in [0.05, 0.1) is 0 Å². The summed E-state index contributed by atoms with van der Waals surface area (Å²) >= 11 is 3.37. The Balaban J connectivity index is 2.48. The van der Waals surface area contributed by atoms with Crippen molar-refractivity contribution in [3.63, 3.8) is 0 Å². The highest BCUT2D eigenvalue weighted by Gasteiger charge is 2.06. The van der Waals surface area contributed by atoms with E-state index < -0.39 is 5.97 Å². The fraction of sp³-hybridized carbons (Fsp3) is 0. The Kier molecular flexibility index (Phi) is 3.01. The van der Waals surface area contributed by atoms with Crippen LogP contribution in [0.25, 0.3) is 11.1 Å². The van der Waals surface area contributed by atoms with Gasteiger partial charge in [-0.15, -0.1) is 0 Å². The molecule has 1 heterocycles. The number of halogens is 1. The summed E-state index contributed by atoms with van der Waals surface area (Å²) in [4.78, 5) is 14.6. The number of rotatable bonds is 2. The van der Waals surface area contributed by atoms with Crippen LogP contribution in [0.15, 0.2) is 47.1 Å². The summed E-state index contributed by atoms with van der Waals surface area (Å²) in [6.45, 7) is 0. The average Bonchev–Trinajstić information content (AvgIpc) is 2.29. The molecule has 1 aromatic heterocycles. The van der Waals surface area contributed by atoms with Crippen molar-refractivity contribution in [3.8, 4) is 11.1 Å². The van der Waals surface area contributed by atoms with E-state index in [1.807, 2.05) is 24.3 Å². The van der Waals surface area contributed by atoms with Crippen LogP contribution in [0.1, 0.15) is 10.5 Å². The van der Waals surface area contributed by atoms with Crippen molar-refractivity contribution in [2.75, 3.05) is 0 Å². The van der Waals surface area contributed by atoms with Crippen molar-refractivity contribution in [1.29, 1.82) is 0 Å². The van der Waals surface area contributed by atoms with Crippen molar-refractivity contribution < 1.29 is 9.90 Å². The van der Waals surface area contributed by atoms with Gasteiger partial charge in [-0.2, -0.15) is 0 Å². The van der Waals surface area contributed by atoms with Crippen LogP contribution in [-0.2, 0) is 0 Å². The molecule has 0 bridgehead atoms. The van der Waals surface area contributed by atoms with Crippen LogP contribution in [0.2, 0.25) is 0 Å². The molecule has 3 nitrogen and oxygen atoms in total. The van der Waals surface area contributed by atoms with E-state index in [0.717, 1.165) is 15.6 Å². The van der Waals surface area contributed by atoms with Gasteiger partial charge in [0.1, 0.15) is 5.69 Å². The predicted octanol–water partition coefficient (Wildman–Crippen LogP) is 3.21. The second-order valence-electron chi connectivity index (χ2n) is 3.25. The zero-order chi connectivity index (χ0) is 11.5. The second kappa shape index (κ2) is 4.45. The number of carbonyl (C=O) groups is 1.